The first-order valence-corrected chi connectivity index (χ1v) is 6.24. The maximum atomic E-state index is 12.9. The molecule has 6 heteroatoms. The Hall–Kier alpha value is -1.98. The van der Waals surface area contributed by atoms with Crippen LogP contribution in [-0.4, -0.2) is 22.0 Å². The predicted octanol–water partition coefficient (Wildman–Crippen LogP) is 2.05. The molecular formula is C13H15FN2O3. The molecule has 19 heavy (non-hydrogen) atoms. The van der Waals surface area contributed by atoms with Crippen molar-refractivity contribution in [2.45, 2.75) is 25.7 Å². The quantitative estimate of drug-likeness (QED) is 0.821. The summed E-state index contributed by atoms with van der Waals surface area (Å²) in [6, 6.07) is 4.09. The van der Waals surface area contributed by atoms with Crippen LogP contribution in [0, 0.1) is 17.8 Å². The van der Waals surface area contributed by atoms with Crippen LogP contribution in [0.3, 0.4) is 0 Å². The second-order valence-electron chi connectivity index (χ2n) is 4.67. The van der Waals surface area contributed by atoms with Gasteiger partial charge in [0.2, 0.25) is 11.9 Å². The van der Waals surface area contributed by atoms with Crippen molar-refractivity contribution >= 4 is 17.7 Å². The van der Waals surface area contributed by atoms with E-state index in [1.807, 2.05) is 0 Å². The molecule has 2 rings (SSSR count). The molecule has 5 nitrogen and oxygen atoms in total. The molecule has 1 aromatic heterocycles. The number of pyridine rings is 1. The summed E-state index contributed by atoms with van der Waals surface area (Å²) in [5, 5.41) is 11.6. The van der Waals surface area contributed by atoms with E-state index in [9.17, 15) is 14.0 Å². The van der Waals surface area contributed by atoms with Gasteiger partial charge >= 0.3 is 5.97 Å². The fourth-order valence-corrected chi connectivity index (χ4v) is 2.44. The highest BCUT2D eigenvalue weighted by Crippen LogP contribution is 2.31. The van der Waals surface area contributed by atoms with Crippen LogP contribution in [0.5, 0.6) is 0 Å². The van der Waals surface area contributed by atoms with Crippen LogP contribution in [0.25, 0.3) is 0 Å². The second kappa shape index (κ2) is 5.77. The van der Waals surface area contributed by atoms with Gasteiger partial charge in [0.15, 0.2) is 0 Å². The van der Waals surface area contributed by atoms with Gasteiger partial charge in [0, 0.05) is 0 Å². The molecule has 0 spiro atoms. The number of carboxylic acid groups (broad SMARTS) is 1. The zero-order valence-electron chi connectivity index (χ0n) is 10.3. The van der Waals surface area contributed by atoms with E-state index in [1.54, 1.807) is 0 Å². The molecule has 2 N–H and O–H groups in total. The molecule has 1 aromatic rings. The highest BCUT2D eigenvalue weighted by molar-refractivity contribution is 5.94. The van der Waals surface area contributed by atoms with Gasteiger partial charge in [-0.25, -0.2) is 4.98 Å². The Morgan fingerprint density at radius 1 is 1.26 bits per heavy atom. The van der Waals surface area contributed by atoms with Crippen molar-refractivity contribution in [1.29, 1.82) is 0 Å². The standard InChI is InChI=1S/C13H15FN2O3/c14-10-6-3-7-11(15-10)16-12(17)8-4-1-2-5-9(8)13(18)19/h3,6-9H,1-2,4-5H2,(H,18,19)(H,15,16,17)/t8-,9+/m1/s1. The van der Waals surface area contributed by atoms with E-state index in [1.165, 1.54) is 18.2 Å². The molecule has 1 fully saturated rings. The Bertz CT molecular complexity index is 493. The monoisotopic (exact) mass is 266 g/mol. The fraction of sp³-hybridized carbons (Fsp3) is 0.462. The predicted molar refractivity (Wildman–Crippen MR) is 65.9 cm³/mol. The highest BCUT2D eigenvalue weighted by Gasteiger charge is 2.35. The maximum absolute atomic E-state index is 12.9. The molecular weight excluding hydrogens is 251 g/mol. The summed E-state index contributed by atoms with van der Waals surface area (Å²) in [4.78, 5) is 26.7. The highest BCUT2D eigenvalue weighted by atomic mass is 19.1. The summed E-state index contributed by atoms with van der Waals surface area (Å²) in [5.41, 5.74) is 0. The van der Waals surface area contributed by atoms with Gasteiger partial charge < -0.3 is 10.4 Å². The third-order valence-electron chi connectivity index (χ3n) is 3.39. The van der Waals surface area contributed by atoms with Gasteiger partial charge in [-0.3, -0.25) is 9.59 Å². The van der Waals surface area contributed by atoms with E-state index < -0.39 is 29.7 Å². The zero-order valence-corrected chi connectivity index (χ0v) is 10.3. The summed E-state index contributed by atoms with van der Waals surface area (Å²) < 4.78 is 12.9. The van der Waals surface area contributed by atoms with Crippen LogP contribution < -0.4 is 5.32 Å². The number of nitrogens with zero attached hydrogens (tertiary/aromatic N) is 1. The maximum Gasteiger partial charge on any atom is 0.307 e. The molecule has 102 valence electrons. The average molecular weight is 266 g/mol. The lowest BCUT2D eigenvalue weighted by atomic mass is 9.79. The SMILES string of the molecule is O=C(O)[C@H]1CCCC[C@H]1C(=O)Nc1cccc(F)n1. The minimum atomic E-state index is -0.952. The summed E-state index contributed by atoms with van der Waals surface area (Å²) in [6.07, 6.45) is 2.69. The summed E-state index contributed by atoms with van der Waals surface area (Å²) in [7, 11) is 0. The van der Waals surface area contributed by atoms with Crippen LogP contribution >= 0.6 is 0 Å². The van der Waals surface area contributed by atoms with E-state index in [-0.39, 0.29) is 5.82 Å². The van der Waals surface area contributed by atoms with Gasteiger partial charge in [-0.05, 0) is 25.0 Å². The third-order valence-corrected chi connectivity index (χ3v) is 3.39. The average Bonchev–Trinajstić information content (AvgIpc) is 2.38. The second-order valence-corrected chi connectivity index (χ2v) is 4.67. The van der Waals surface area contributed by atoms with Gasteiger partial charge in [0.05, 0.1) is 11.8 Å². The third kappa shape index (κ3) is 3.27. The van der Waals surface area contributed by atoms with Crippen LogP contribution in [-0.2, 0) is 9.59 Å². The lowest BCUT2D eigenvalue weighted by Gasteiger charge is -2.27. The topological polar surface area (TPSA) is 79.3 Å². The summed E-state index contributed by atoms with van der Waals surface area (Å²) in [6.45, 7) is 0. The normalized spacial score (nSPS) is 22.8. The lowest BCUT2D eigenvalue weighted by molar-refractivity contribution is -0.147. The van der Waals surface area contributed by atoms with E-state index in [0.717, 1.165) is 12.8 Å². The molecule has 2 atom stereocenters. The van der Waals surface area contributed by atoms with Crippen molar-refractivity contribution < 1.29 is 19.1 Å². The van der Waals surface area contributed by atoms with Crippen LogP contribution in [0.2, 0.25) is 0 Å². The van der Waals surface area contributed by atoms with E-state index in [4.69, 9.17) is 5.11 Å². The Balaban J connectivity index is 2.07. The number of nitrogens with one attached hydrogen (secondary N) is 1. The number of carboxylic acids is 1. The summed E-state index contributed by atoms with van der Waals surface area (Å²) >= 11 is 0. The number of hydrogen-bond acceptors (Lipinski definition) is 3. The molecule has 1 heterocycles. The number of rotatable bonds is 3. The first-order valence-electron chi connectivity index (χ1n) is 6.24. The minimum Gasteiger partial charge on any atom is -0.481 e. The van der Waals surface area contributed by atoms with Crippen molar-refractivity contribution in [2.75, 3.05) is 5.32 Å². The number of amides is 1. The van der Waals surface area contributed by atoms with Gasteiger partial charge in [-0.15, -0.1) is 0 Å². The molecule has 1 aliphatic rings. The molecule has 0 aliphatic heterocycles. The molecule has 0 saturated heterocycles. The Kier molecular flexibility index (Phi) is 4.09. The Morgan fingerprint density at radius 3 is 2.58 bits per heavy atom. The van der Waals surface area contributed by atoms with Crippen molar-refractivity contribution in [2.24, 2.45) is 11.8 Å². The van der Waals surface area contributed by atoms with Gasteiger partial charge in [-0.2, -0.15) is 4.39 Å². The molecule has 0 radical (unpaired) electrons. The summed E-state index contributed by atoms with van der Waals surface area (Å²) in [5.74, 6) is -3.16. The van der Waals surface area contributed by atoms with Crippen LogP contribution in [0.15, 0.2) is 18.2 Å². The molecule has 0 aromatic carbocycles. The molecule has 1 saturated carbocycles. The van der Waals surface area contributed by atoms with Gasteiger partial charge in [0.1, 0.15) is 5.82 Å². The number of hydrogen-bond donors (Lipinski definition) is 2. The van der Waals surface area contributed by atoms with Crippen LogP contribution in [0.1, 0.15) is 25.7 Å². The van der Waals surface area contributed by atoms with Crippen molar-refractivity contribution in [1.82, 2.24) is 4.98 Å². The minimum absolute atomic E-state index is 0.111. The number of aromatic nitrogens is 1. The smallest absolute Gasteiger partial charge is 0.307 e. The molecule has 0 bridgehead atoms. The van der Waals surface area contributed by atoms with Gasteiger partial charge in [0.25, 0.3) is 0 Å². The number of halogens is 1. The zero-order chi connectivity index (χ0) is 13.8. The van der Waals surface area contributed by atoms with E-state index >= 15 is 0 Å². The van der Waals surface area contributed by atoms with Gasteiger partial charge in [-0.1, -0.05) is 18.9 Å². The lowest BCUT2D eigenvalue weighted by Crippen LogP contribution is -2.36. The Labute approximate surface area is 109 Å². The fourth-order valence-electron chi connectivity index (χ4n) is 2.44. The molecule has 0 unspecified atom stereocenters. The van der Waals surface area contributed by atoms with Crippen LogP contribution in [0.4, 0.5) is 10.2 Å². The van der Waals surface area contributed by atoms with E-state index in [0.29, 0.717) is 12.8 Å². The van der Waals surface area contributed by atoms with E-state index in [2.05, 4.69) is 10.3 Å². The number of carbonyl (C=O) groups excluding carboxylic acids is 1. The number of anilines is 1. The number of aliphatic carboxylic acids is 1. The van der Waals surface area contributed by atoms with Crippen molar-refractivity contribution in [3.05, 3.63) is 24.1 Å². The first-order chi connectivity index (χ1) is 9.08. The number of carbonyl (C=O) groups is 2. The Morgan fingerprint density at radius 2 is 1.95 bits per heavy atom. The molecule has 1 amide bonds. The van der Waals surface area contributed by atoms with Crippen molar-refractivity contribution in [3.63, 3.8) is 0 Å². The first kappa shape index (κ1) is 13.5. The largest absolute Gasteiger partial charge is 0.481 e. The van der Waals surface area contributed by atoms with Crippen molar-refractivity contribution in [3.8, 4) is 0 Å². The molecule has 1 aliphatic carbocycles.